The van der Waals surface area contributed by atoms with E-state index in [1.807, 2.05) is 0 Å². The zero-order chi connectivity index (χ0) is 14.7. The van der Waals surface area contributed by atoms with Gasteiger partial charge in [0.15, 0.2) is 0 Å². The molecule has 2 N–H and O–H groups in total. The number of rotatable bonds is 4. The van der Waals surface area contributed by atoms with Crippen molar-refractivity contribution in [2.75, 3.05) is 18.0 Å². The number of nitrogens with two attached hydrogens (primary N) is 1. The highest BCUT2D eigenvalue weighted by atomic mass is 15.2. The van der Waals surface area contributed by atoms with E-state index in [-0.39, 0.29) is 0 Å². The number of hydrogen-bond donors (Lipinski definition) is 1. The predicted octanol–water partition coefficient (Wildman–Crippen LogP) is 3.54. The molecule has 3 nitrogen and oxygen atoms in total. The number of aromatic nitrogens is 1. The van der Waals surface area contributed by atoms with E-state index in [2.05, 4.69) is 44.7 Å². The third kappa shape index (κ3) is 3.51. The number of piperidine rings is 1. The third-order valence-corrected chi connectivity index (χ3v) is 4.53. The van der Waals surface area contributed by atoms with Gasteiger partial charge in [0, 0.05) is 25.3 Å². The van der Waals surface area contributed by atoms with Crippen LogP contribution in [0.3, 0.4) is 0 Å². The highest BCUT2D eigenvalue weighted by Gasteiger charge is 2.22. The molecule has 1 aromatic rings. The molecule has 1 aromatic heterocycles. The molecule has 0 radical (unpaired) electrons. The Morgan fingerprint density at radius 2 is 1.85 bits per heavy atom. The summed E-state index contributed by atoms with van der Waals surface area (Å²) in [5.74, 6) is 3.24. The summed E-state index contributed by atoms with van der Waals surface area (Å²) in [6.07, 6.45) is 2.56. The molecule has 1 aliphatic rings. The van der Waals surface area contributed by atoms with Crippen molar-refractivity contribution in [3.63, 3.8) is 0 Å². The van der Waals surface area contributed by atoms with E-state index in [1.54, 1.807) is 0 Å². The number of hydrogen-bond acceptors (Lipinski definition) is 3. The minimum atomic E-state index is 0.452. The first-order chi connectivity index (χ1) is 9.51. The van der Waals surface area contributed by atoms with Crippen LogP contribution >= 0.6 is 0 Å². The fraction of sp³-hybridized carbons (Fsp3) is 0.706. The summed E-state index contributed by atoms with van der Waals surface area (Å²) in [5, 5.41) is 0. The Hall–Kier alpha value is -1.09. The largest absolute Gasteiger partial charge is 0.357 e. The molecule has 20 heavy (non-hydrogen) atoms. The predicted molar refractivity (Wildman–Crippen MR) is 86.0 cm³/mol. The van der Waals surface area contributed by atoms with Gasteiger partial charge in [0.2, 0.25) is 0 Å². The quantitative estimate of drug-likeness (QED) is 0.914. The Kier molecular flexibility index (Phi) is 5.03. The molecular formula is C17H29N3. The van der Waals surface area contributed by atoms with Gasteiger partial charge in [0.1, 0.15) is 5.82 Å². The van der Waals surface area contributed by atoms with Crippen molar-refractivity contribution in [3.05, 3.63) is 23.4 Å². The Balaban J connectivity index is 2.15. The zero-order valence-corrected chi connectivity index (χ0v) is 13.4. The van der Waals surface area contributed by atoms with Crippen LogP contribution in [0, 0.1) is 11.8 Å². The second kappa shape index (κ2) is 6.57. The lowest BCUT2D eigenvalue weighted by molar-refractivity contribution is 0.310. The van der Waals surface area contributed by atoms with Gasteiger partial charge in [-0.1, -0.05) is 27.7 Å². The lowest BCUT2D eigenvalue weighted by Crippen LogP contribution is -2.36. The second-order valence-corrected chi connectivity index (χ2v) is 6.69. The molecule has 0 aromatic carbocycles. The number of nitrogens with zero attached hydrogens (tertiary/aromatic N) is 2. The summed E-state index contributed by atoms with van der Waals surface area (Å²) in [6.45, 7) is 11.9. The molecular weight excluding hydrogens is 246 g/mol. The van der Waals surface area contributed by atoms with Gasteiger partial charge in [-0.25, -0.2) is 4.98 Å². The first kappa shape index (κ1) is 15.3. The summed E-state index contributed by atoms with van der Waals surface area (Å²) in [7, 11) is 0. The van der Waals surface area contributed by atoms with Crippen LogP contribution in [-0.4, -0.2) is 18.1 Å². The summed E-state index contributed by atoms with van der Waals surface area (Å²) >= 11 is 0. The van der Waals surface area contributed by atoms with Gasteiger partial charge in [0.25, 0.3) is 0 Å². The molecule has 1 aliphatic heterocycles. The van der Waals surface area contributed by atoms with Gasteiger partial charge in [0.05, 0.1) is 0 Å². The Morgan fingerprint density at radius 1 is 1.20 bits per heavy atom. The van der Waals surface area contributed by atoms with Crippen molar-refractivity contribution in [2.24, 2.45) is 17.6 Å². The Morgan fingerprint density at radius 3 is 2.35 bits per heavy atom. The van der Waals surface area contributed by atoms with Crippen molar-refractivity contribution < 1.29 is 0 Å². The molecule has 0 saturated carbocycles. The smallest absolute Gasteiger partial charge is 0.129 e. The molecule has 0 aliphatic carbocycles. The van der Waals surface area contributed by atoms with Crippen molar-refractivity contribution >= 4 is 5.82 Å². The highest BCUT2D eigenvalue weighted by Crippen LogP contribution is 2.28. The van der Waals surface area contributed by atoms with Crippen LogP contribution in [-0.2, 0) is 6.54 Å². The number of pyridine rings is 1. The first-order valence-electron chi connectivity index (χ1n) is 7.97. The molecule has 0 bridgehead atoms. The Labute approximate surface area is 123 Å². The maximum absolute atomic E-state index is 5.83. The van der Waals surface area contributed by atoms with Gasteiger partial charge in [-0.3, -0.25) is 0 Å². The fourth-order valence-electron chi connectivity index (χ4n) is 2.97. The van der Waals surface area contributed by atoms with Gasteiger partial charge in [-0.05, 0) is 48.3 Å². The van der Waals surface area contributed by atoms with Gasteiger partial charge >= 0.3 is 0 Å². The summed E-state index contributed by atoms with van der Waals surface area (Å²) in [5.41, 5.74) is 8.19. The SMILES string of the molecule is CC(C)c1cc(CN)cc(N2CCC(C(C)C)CC2)n1. The molecule has 112 valence electrons. The summed E-state index contributed by atoms with van der Waals surface area (Å²) in [4.78, 5) is 7.28. The van der Waals surface area contributed by atoms with Crippen molar-refractivity contribution in [1.82, 2.24) is 4.98 Å². The molecule has 0 atom stereocenters. The lowest BCUT2D eigenvalue weighted by atomic mass is 9.87. The van der Waals surface area contributed by atoms with E-state index in [0.29, 0.717) is 12.5 Å². The van der Waals surface area contributed by atoms with E-state index in [0.717, 1.165) is 36.4 Å². The van der Waals surface area contributed by atoms with E-state index in [4.69, 9.17) is 10.7 Å². The van der Waals surface area contributed by atoms with E-state index in [1.165, 1.54) is 18.4 Å². The van der Waals surface area contributed by atoms with Gasteiger partial charge < -0.3 is 10.6 Å². The average molecular weight is 275 g/mol. The zero-order valence-electron chi connectivity index (χ0n) is 13.4. The fourth-order valence-corrected chi connectivity index (χ4v) is 2.97. The molecule has 1 fully saturated rings. The third-order valence-electron chi connectivity index (χ3n) is 4.53. The van der Waals surface area contributed by atoms with Crippen molar-refractivity contribution in [2.45, 2.75) is 53.0 Å². The normalized spacial score (nSPS) is 17.2. The minimum Gasteiger partial charge on any atom is -0.357 e. The molecule has 0 amide bonds. The minimum absolute atomic E-state index is 0.452. The molecule has 3 heteroatoms. The average Bonchev–Trinajstić information content (AvgIpc) is 2.46. The van der Waals surface area contributed by atoms with Crippen LogP contribution in [0.4, 0.5) is 5.82 Å². The van der Waals surface area contributed by atoms with E-state index < -0.39 is 0 Å². The summed E-state index contributed by atoms with van der Waals surface area (Å²) < 4.78 is 0. The van der Waals surface area contributed by atoms with Crippen molar-refractivity contribution in [3.8, 4) is 0 Å². The van der Waals surface area contributed by atoms with Crippen LogP contribution < -0.4 is 10.6 Å². The first-order valence-corrected chi connectivity index (χ1v) is 7.97. The summed E-state index contributed by atoms with van der Waals surface area (Å²) in [6, 6.07) is 4.32. The molecule has 0 unspecified atom stereocenters. The monoisotopic (exact) mass is 275 g/mol. The van der Waals surface area contributed by atoms with E-state index in [9.17, 15) is 0 Å². The standard InChI is InChI=1S/C17H29N3/c1-12(2)15-5-7-20(8-6-15)17-10-14(11-18)9-16(19-17)13(3)4/h9-10,12-13,15H,5-8,11,18H2,1-4H3. The van der Waals surface area contributed by atoms with Crippen LogP contribution in [0.2, 0.25) is 0 Å². The van der Waals surface area contributed by atoms with Crippen LogP contribution in [0.5, 0.6) is 0 Å². The van der Waals surface area contributed by atoms with Crippen molar-refractivity contribution in [1.29, 1.82) is 0 Å². The molecule has 2 rings (SSSR count). The second-order valence-electron chi connectivity index (χ2n) is 6.69. The molecule has 1 saturated heterocycles. The Bertz CT molecular complexity index is 432. The maximum atomic E-state index is 5.83. The molecule has 0 spiro atoms. The van der Waals surface area contributed by atoms with E-state index >= 15 is 0 Å². The highest BCUT2D eigenvalue weighted by molar-refractivity contribution is 5.43. The van der Waals surface area contributed by atoms with Gasteiger partial charge in [-0.15, -0.1) is 0 Å². The van der Waals surface area contributed by atoms with Crippen LogP contribution in [0.25, 0.3) is 0 Å². The number of anilines is 1. The van der Waals surface area contributed by atoms with Crippen LogP contribution in [0.1, 0.15) is 57.7 Å². The lowest BCUT2D eigenvalue weighted by Gasteiger charge is -2.35. The molecule has 2 heterocycles. The topological polar surface area (TPSA) is 42.1 Å². The van der Waals surface area contributed by atoms with Crippen LogP contribution in [0.15, 0.2) is 12.1 Å². The van der Waals surface area contributed by atoms with Gasteiger partial charge in [-0.2, -0.15) is 0 Å². The maximum Gasteiger partial charge on any atom is 0.129 e.